The highest BCUT2D eigenvalue weighted by molar-refractivity contribution is 9.09. The van der Waals surface area contributed by atoms with Crippen molar-refractivity contribution in [3.63, 3.8) is 0 Å². The third-order valence-electron chi connectivity index (χ3n) is 2.29. The van der Waals surface area contributed by atoms with Gasteiger partial charge in [0.1, 0.15) is 12.2 Å². The maximum absolute atomic E-state index is 12.4. The molecule has 1 aromatic rings. The average molecular weight is 311 g/mol. The molecule has 1 heterocycles. The van der Waals surface area contributed by atoms with Gasteiger partial charge < -0.3 is 0 Å². The van der Waals surface area contributed by atoms with Crippen molar-refractivity contribution in [2.75, 3.05) is 18.4 Å². The third-order valence-corrected chi connectivity index (χ3v) is 2.65. The standard InChI is InChI=1S/C10H17BrF2N4/c1-2-4-17-10(14-8-15-17)7-16(5-3-11)6-9(12)13/h8-9H,2-7H2,1H3. The normalized spacial score (nSPS) is 11.6. The van der Waals surface area contributed by atoms with E-state index < -0.39 is 6.43 Å². The Hall–Kier alpha value is -0.560. The van der Waals surface area contributed by atoms with Gasteiger partial charge in [-0.1, -0.05) is 22.9 Å². The molecule has 0 amide bonds. The Morgan fingerprint density at radius 1 is 1.53 bits per heavy atom. The molecule has 0 N–H and O–H groups in total. The quantitative estimate of drug-likeness (QED) is 0.690. The highest BCUT2D eigenvalue weighted by Crippen LogP contribution is 2.06. The molecule has 17 heavy (non-hydrogen) atoms. The van der Waals surface area contributed by atoms with Gasteiger partial charge in [0.05, 0.1) is 13.1 Å². The molecule has 0 atom stereocenters. The van der Waals surface area contributed by atoms with Crippen LogP contribution in [0.4, 0.5) is 8.78 Å². The zero-order valence-corrected chi connectivity index (χ0v) is 11.4. The van der Waals surface area contributed by atoms with Crippen LogP contribution in [0.25, 0.3) is 0 Å². The third kappa shape index (κ3) is 5.08. The summed E-state index contributed by atoms with van der Waals surface area (Å²) in [5.41, 5.74) is 0. The van der Waals surface area contributed by atoms with Crippen LogP contribution in [0.15, 0.2) is 6.33 Å². The summed E-state index contributed by atoms with van der Waals surface area (Å²) in [4.78, 5) is 5.79. The molecular formula is C10H17BrF2N4. The Labute approximate surface area is 108 Å². The van der Waals surface area contributed by atoms with E-state index in [2.05, 4.69) is 26.0 Å². The van der Waals surface area contributed by atoms with Crippen LogP contribution in [-0.2, 0) is 13.1 Å². The maximum atomic E-state index is 12.4. The minimum Gasteiger partial charge on any atom is -0.289 e. The van der Waals surface area contributed by atoms with E-state index in [0.717, 1.165) is 18.8 Å². The largest absolute Gasteiger partial charge is 0.289 e. The van der Waals surface area contributed by atoms with Crippen LogP contribution < -0.4 is 0 Å². The summed E-state index contributed by atoms with van der Waals surface area (Å²) < 4.78 is 26.5. The Bertz CT molecular complexity index is 319. The average Bonchev–Trinajstić information content (AvgIpc) is 2.66. The second kappa shape index (κ2) is 7.71. The number of hydrogen-bond acceptors (Lipinski definition) is 3. The molecule has 0 aliphatic rings. The van der Waals surface area contributed by atoms with Crippen molar-refractivity contribution in [1.29, 1.82) is 0 Å². The lowest BCUT2D eigenvalue weighted by atomic mass is 10.4. The monoisotopic (exact) mass is 310 g/mol. The second-order valence-electron chi connectivity index (χ2n) is 3.71. The minimum absolute atomic E-state index is 0.232. The van der Waals surface area contributed by atoms with Crippen LogP contribution in [0.1, 0.15) is 19.2 Å². The fourth-order valence-corrected chi connectivity index (χ4v) is 2.06. The molecule has 7 heteroatoms. The first-order valence-corrected chi connectivity index (χ1v) is 6.72. The molecule has 0 unspecified atom stereocenters. The van der Waals surface area contributed by atoms with Crippen molar-refractivity contribution >= 4 is 15.9 Å². The van der Waals surface area contributed by atoms with E-state index in [4.69, 9.17) is 0 Å². The molecule has 0 radical (unpaired) electrons. The second-order valence-corrected chi connectivity index (χ2v) is 4.51. The van der Waals surface area contributed by atoms with Crippen LogP contribution in [0.3, 0.4) is 0 Å². The molecule has 0 bridgehead atoms. The fraction of sp³-hybridized carbons (Fsp3) is 0.800. The molecule has 0 aromatic carbocycles. The first-order chi connectivity index (χ1) is 8.17. The van der Waals surface area contributed by atoms with Crippen LogP contribution >= 0.6 is 15.9 Å². The number of rotatable bonds is 8. The number of hydrogen-bond donors (Lipinski definition) is 0. The van der Waals surface area contributed by atoms with E-state index in [1.165, 1.54) is 6.33 Å². The van der Waals surface area contributed by atoms with Crippen molar-refractivity contribution in [3.05, 3.63) is 12.2 Å². The molecule has 0 fully saturated rings. The van der Waals surface area contributed by atoms with Gasteiger partial charge in [-0.25, -0.2) is 18.4 Å². The van der Waals surface area contributed by atoms with Crippen LogP contribution in [0, 0.1) is 0 Å². The molecule has 0 aliphatic carbocycles. The van der Waals surface area contributed by atoms with E-state index in [1.54, 1.807) is 9.58 Å². The van der Waals surface area contributed by atoms with Crippen LogP contribution in [-0.4, -0.2) is 44.5 Å². The van der Waals surface area contributed by atoms with Crippen LogP contribution in [0.2, 0.25) is 0 Å². The van der Waals surface area contributed by atoms with E-state index in [0.29, 0.717) is 18.4 Å². The highest BCUT2D eigenvalue weighted by atomic mass is 79.9. The highest BCUT2D eigenvalue weighted by Gasteiger charge is 2.14. The Balaban J connectivity index is 2.60. The summed E-state index contributed by atoms with van der Waals surface area (Å²) in [6, 6.07) is 0. The molecule has 0 saturated heterocycles. The van der Waals surface area contributed by atoms with Crippen LogP contribution in [0.5, 0.6) is 0 Å². The Morgan fingerprint density at radius 2 is 2.29 bits per heavy atom. The zero-order chi connectivity index (χ0) is 12.7. The number of nitrogens with zero attached hydrogens (tertiary/aromatic N) is 4. The van der Waals surface area contributed by atoms with E-state index in [9.17, 15) is 8.78 Å². The predicted molar refractivity (Wildman–Crippen MR) is 65.4 cm³/mol. The number of halogens is 3. The SMILES string of the molecule is CCCn1ncnc1CN(CCBr)CC(F)F. The lowest BCUT2D eigenvalue weighted by Crippen LogP contribution is -2.31. The Kier molecular flexibility index (Phi) is 6.57. The van der Waals surface area contributed by atoms with Gasteiger partial charge >= 0.3 is 0 Å². The van der Waals surface area contributed by atoms with Gasteiger partial charge in [-0.3, -0.25) is 4.90 Å². The Morgan fingerprint density at radius 3 is 2.88 bits per heavy atom. The molecule has 98 valence electrons. The molecule has 1 rings (SSSR count). The van der Waals surface area contributed by atoms with Crippen molar-refractivity contribution < 1.29 is 8.78 Å². The number of alkyl halides is 3. The number of aryl methyl sites for hydroxylation is 1. The van der Waals surface area contributed by atoms with E-state index in [-0.39, 0.29) is 6.54 Å². The summed E-state index contributed by atoms with van der Waals surface area (Å²) in [6.45, 7) is 3.57. The van der Waals surface area contributed by atoms with Gasteiger partial charge in [-0.05, 0) is 6.42 Å². The molecular weight excluding hydrogens is 294 g/mol. The maximum Gasteiger partial charge on any atom is 0.251 e. The smallest absolute Gasteiger partial charge is 0.251 e. The molecule has 0 spiro atoms. The molecule has 0 aliphatic heterocycles. The summed E-state index contributed by atoms with van der Waals surface area (Å²) in [5.74, 6) is 0.744. The van der Waals surface area contributed by atoms with Gasteiger partial charge in [0.15, 0.2) is 0 Å². The summed E-state index contributed by atoms with van der Waals surface area (Å²) in [7, 11) is 0. The molecule has 0 saturated carbocycles. The summed E-state index contributed by atoms with van der Waals surface area (Å²) in [6.07, 6.45) is 0.0974. The van der Waals surface area contributed by atoms with Gasteiger partial charge in [0.2, 0.25) is 0 Å². The van der Waals surface area contributed by atoms with Gasteiger partial charge in [-0.15, -0.1) is 0 Å². The topological polar surface area (TPSA) is 34.0 Å². The summed E-state index contributed by atoms with van der Waals surface area (Å²) >= 11 is 3.26. The van der Waals surface area contributed by atoms with Gasteiger partial charge in [0, 0.05) is 18.4 Å². The minimum atomic E-state index is -2.32. The van der Waals surface area contributed by atoms with Crippen molar-refractivity contribution in [3.8, 4) is 0 Å². The predicted octanol–water partition coefficient (Wildman–Crippen LogP) is 2.15. The van der Waals surface area contributed by atoms with Gasteiger partial charge in [-0.2, -0.15) is 5.10 Å². The zero-order valence-electron chi connectivity index (χ0n) is 9.82. The number of aromatic nitrogens is 3. The van der Waals surface area contributed by atoms with Crippen molar-refractivity contribution in [2.45, 2.75) is 32.9 Å². The molecule has 1 aromatic heterocycles. The fourth-order valence-electron chi connectivity index (χ4n) is 1.56. The molecule has 4 nitrogen and oxygen atoms in total. The lowest BCUT2D eigenvalue weighted by Gasteiger charge is -2.20. The summed E-state index contributed by atoms with van der Waals surface area (Å²) in [5, 5.41) is 4.75. The van der Waals surface area contributed by atoms with Crippen molar-refractivity contribution in [2.24, 2.45) is 0 Å². The van der Waals surface area contributed by atoms with Crippen molar-refractivity contribution in [1.82, 2.24) is 19.7 Å². The first kappa shape index (κ1) is 14.5. The lowest BCUT2D eigenvalue weighted by molar-refractivity contribution is 0.0862. The van der Waals surface area contributed by atoms with E-state index in [1.807, 2.05) is 6.92 Å². The van der Waals surface area contributed by atoms with Gasteiger partial charge in [0.25, 0.3) is 6.43 Å². The van der Waals surface area contributed by atoms with E-state index >= 15 is 0 Å². The first-order valence-electron chi connectivity index (χ1n) is 5.60.